The molecule has 0 spiro atoms. The van der Waals surface area contributed by atoms with Gasteiger partial charge in [-0.15, -0.1) is 0 Å². The first-order valence-corrected chi connectivity index (χ1v) is 6.04. The Morgan fingerprint density at radius 3 is 2.94 bits per heavy atom. The SMILES string of the molecule is COC(=O)c1cc(OCCCNC(C)C)ccn1. The number of carbonyl (C=O) groups excluding carboxylic acids is 1. The highest BCUT2D eigenvalue weighted by Gasteiger charge is 2.07. The molecular formula is C13H20N2O3. The molecule has 0 aliphatic rings. The van der Waals surface area contributed by atoms with Gasteiger partial charge < -0.3 is 14.8 Å². The Labute approximate surface area is 108 Å². The van der Waals surface area contributed by atoms with E-state index in [0.717, 1.165) is 13.0 Å². The number of nitrogens with zero attached hydrogens (tertiary/aromatic N) is 1. The van der Waals surface area contributed by atoms with E-state index in [2.05, 4.69) is 28.9 Å². The standard InChI is InChI=1S/C13H20N2O3/c1-10(2)14-6-4-8-18-11-5-7-15-12(9-11)13(16)17-3/h5,7,9-10,14H,4,6,8H2,1-3H3. The Morgan fingerprint density at radius 1 is 1.50 bits per heavy atom. The minimum absolute atomic E-state index is 0.260. The number of ether oxygens (including phenoxy) is 2. The molecule has 0 saturated heterocycles. The highest BCUT2D eigenvalue weighted by molar-refractivity contribution is 5.87. The molecule has 0 aromatic carbocycles. The molecule has 5 nitrogen and oxygen atoms in total. The van der Waals surface area contributed by atoms with E-state index in [9.17, 15) is 4.79 Å². The van der Waals surface area contributed by atoms with Crippen LogP contribution in [0.15, 0.2) is 18.3 Å². The van der Waals surface area contributed by atoms with Gasteiger partial charge in [0, 0.05) is 18.3 Å². The van der Waals surface area contributed by atoms with Gasteiger partial charge in [0.25, 0.3) is 0 Å². The summed E-state index contributed by atoms with van der Waals surface area (Å²) in [6, 6.07) is 3.79. The molecule has 100 valence electrons. The number of methoxy groups -OCH3 is 1. The van der Waals surface area contributed by atoms with Crippen LogP contribution in [0.5, 0.6) is 5.75 Å². The van der Waals surface area contributed by atoms with Crippen molar-refractivity contribution < 1.29 is 14.3 Å². The van der Waals surface area contributed by atoms with Gasteiger partial charge in [0.1, 0.15) is 5.75 Å². The summed E-state index contributed by atoms with van der Waals surface area (Å²) >= 11 is 0. The lowest BCUT2D eigenvalue weighted by Gasteiger charge is -2.09. The molecule has 0 saturated carbocycles. The molecule has 0 fully saturated rings. The molecule has 0 atom stereocenters. The minimum atomic E-state index is -0.457. The van der Waals surface area contributed by atoms with Gasteiger partial charge in [-0.25, -0.2) is 9.78 Å². The number of hydrogen-bond donors (Lipinski definition) is 1. The summed E-state index contributed by atoms with van der Waals surface area (Å²) < 4.78 is 10.1. The fraction of sp³-hybridized carbons (Fsp3) is 0.538. The lowest BCUT2D eigenvalue weighted by molar-refractivity contribution is 0.0593. The first-order chi connectivity index (χ1) is 8.63. The molecule has 0 radical (unpaired) electrons. The highest BCUT2D eigenvalue weighted by atomic mass is 16.5. The maximum atomic E-state index is 11.3. The molecule has 5 heteroatoms. The third-order valence-corrected chi connectivity index (χ3v) is 2.27. The quantitative estimate of drug-likeness (QED) is 0.590. The molecule has 0 aliphatic heterocycles. The molecule has 18 heavy (non-hydrogen) atoms. The van der Waals surface area contributed by atoms with Crippen LogP contribution in [0.2, 0.25) is 0 Å². The third kappa shape index (κ3) is 5.14. The fourth-order valence-electron chi connectivity index (χ4n) is 1.37. The van der Waals surface area contributed by atoms with E-state index in [0.29, 0.717) is 18.4 Å². The summed E-state index contributed by atoms with van der Waals surface area (Å²) in [5.41, 5.74) is 0.260. The fourth-order valence-corrected chi connectivity index (χ4v) is 1.37. The van der Waals surface area contributed by atoms with Crippen molar-refractivity contribution in [3.05, 3.63) is 24.0 Å². The van der Waals surface area contributed by atoms with Gasteiger partial charge >= 0.3 is 5.97 Å². The third-order valence-electron chi connectivity index (χ3n) is 2.27. The average molecular weight is 252 g/mol. The van der Waals surface area contributed by atoms with Gasteiger partial charge in [-0.1, -0.05) is 13.8 Å². The number of rotatable bonds is 7. The van der Waals surface area contributed by atoms with E-state index in [1.54, 1.807) is 12.1 Å². The first kappa shape index (κ1) is 14.4. The van der Waals surface area contributed by atoms with Gasteiger partial charge in [-0.3, -0.25) is 0 Å². The summed E-state index contributed by atoms with van der Waals surface area (Å²) in [7, 11) is 1.33. The Balaban J connectivity index is 2.36. The Kier molecular flexibility index (Phi) is 6.14. The van der Waals surface area contributed by atoms with Crippen LogP contribution in [-0.4, -0.2) is 37.3 Å². The van der Waals surface area contributed by atoms with Crippen LogP contribution in [0.3, 0.4) is 0 Å². The van der Waals surface area contributed by atoms with E-state index in [1.807, 2.05) is 0 Å². The molecule has 0 aliphatic carbocycles. The van der Waals surface area contributed by atoms with E-state index in [4.69, 9.17) is 4.74 Å². The Morgan fingerprint density at radius 2 is 2.28 bits per heavy atom. The molecule has 1 heterocycles. The summed E-state index contributed by atoms with van der Waals surface area (Å²) in [5, 5.41) is 3.30. The zero-order valence-electron chi connectivity index (χ0n) is 11.1. The summed E-state index contributed by atoms with van der Waals surface area (Å²) in [4.78, 5) is 15.2. The minimum Gasteiger partial charge on any atom is -0.493 e. The van der Waals surface area contributed by atoms with Crippen molar-refractivity contribution >= 4 is 5.97 Å². The zero-order valence-corrected chi connectivity index (χ0v) is 11.1. The Bertz CT molecular complexity index is 380. The first-order valence-electron chi connectivity index (χ1n) is 6.04. The van der Waals surface area contributed by atoms with Crippen LogP contribution < -0.4 is 10.1 Å². The van der Waals surface area contributed by atoms with E-state index in [-0.39, 0.29) is 5.69 Å². The lowest BCUT2D eigenvalue weighted by Crippen LogP contribution is -2.24. The number of pyridine rings is 1. The van der Waals surface area contributed by atoms with E-state index >= 15 is 0 Å². The van der Waals surface area contributed by atoms with Crippen molar-refractivity contribution in [3.63, 3.8) is 0 Å². The van der Waals surface area contributed by atoms with Crippen LogP contribution in [0.1, 0.15) is 30.8 Å². The molecule has 1 aromatic rings. The maximum Gasteiger partial charge on any atom is 0.356 e. The summed E-state index contributed by atoms with van der Waals surface area (Å²) in [6.45, 7) is 5.72. The molecular weight excluding hydrogens is 232 g/mol. The lowest BCUT2D eigenvalue weighted by atomic mass is 10.3. The second-order valence-electron chi connectivity index (χ2n) is 4.18. The second kappa shape index (κ2) is 7.66. The van der Waals surface area contributed by atoms with Gasteiger partial charge in [-0.2, -0.15) is 0 Å². The smallest absolute Gasteiger partial charge is 0.356 e. The normalized spacial score (nSPS) is 10.4. The predicted octanol–water partition coefficient (Wildman–Crippen LogP) is 1.64. The van der Waals surface area contributed by atoms with Crippen molar-refractivity contribution in [1.29, 1.82) is 0 Å². The van der Waals surface area contributed by atoms with E-state index in [1.165, 1.54) is 13.3 Å². The Hall–Kier alpha value is -1.62. The molecule has 0 unspecified atom stereocenters. The highest BCUT2D eigenvalue weighted by Crippen LogP contribution is 2.11. The molecule has 0 bridgehead atoms. The number of aromatic nitrogens is 1. The molecule has 1 N–H and O–H groups in total. The van der Waals surface area contributed by atoms with Gasteiger partial charge in [0.15, 0.2) is 5.69 Å². The van der Waals surface area contributed by atoms with Crippen LogP contribution in [-0.2, 0) is 4.74 Å². The molecule has 0 amide bonds. The number of esters is 1. The topological polar surface area (TPSA) is 60.5 Å². The number of carbonyl (C=O) groups is 1. The zero-order chi connectivity index (χ0) is 13.4. The predicted molar refractivity (Wildman–Crippen MR) is 68.8 cm³/mol. The van der Waals surface area contributed by atoms with Crippen molar-refractivity contribution in [1.82, 2.24) is 10.3 Å². The van der Waals surface area contributed by atoms with Crippen molar-refractivity contribution in [2.75, 3.05) is 20.3 Å². The largest absolute Gasteiger partial charge is 0.493 e. The van der Waals surface area contributed by atoms with Crippen LogP contribution in [0.4, 0.5) is 0 Å². The number of hydrogen-bond acceptors (Lipinski definition) is 5. The molecule has 1 rings (SSSR count). The van der Waals surface area contributed by atoms with Crippen LogP contribution >= 0.6 is 0 Å². The monoisotopic (exact) mass is 252 g/mol. The number of nitrogens with one attached hydrogen (secondary N) is 1. The maximum absolute atomic E-state index is 11.3. The van der Waals surface area contributed by atoms with Gasteiger partial charge in [0.2, 0.25) is 0 Å². The van der Waals surface area contributed by atoms with Crippen molar-refractivity contribution in [2.24, 2.45) is 0 Å². The summed E-state index contributed by atoms with van der Waals surface area (Å²) in [6.07, 6.45) is 2.45. The van der Waals surface area contributed by atoms with Crippen LogP contribution in [0.25, 0.3) is 0 Å². The van der Waals surface area contributed by atoms with E-state index < -0.39 is 5.97 Å². The van der Waals surface area contributed by atoms with Gasteiger partial charge in [0.05, 0.1) is 13.7 Å². The van der Waals surface area contributed by atoms with Crippen LogP contribution in [0, 0.1) is 0 Å². The van der Waals surface area contributed by atoms with Crippen molar-refractivity contribution in [2.45, 2.75) is 26.3 Å². The summed E-state index contributed by atoms with van der Waals surface area (Å²) in [5.74, 6) is 0.178. The van der Waals surface area contributed by atoms with Gasteiger partial charge in [-0.05, 0) is 19.0 Å². The molecule has 1 aromatic heterocycles. The van der Waals surface area contributed by atoms with Crippen molar-refractivity contribution in [3.8, 4) is 5.75 Å². The average Bonchev–Trinajstić information content (AvgIpc) is 2.37. The second-order valence-corrected chi connectivity index (χ2v) is 4.18.